The standard InChI is InChI=1S/C22H33S.2ClH.Ti/c1-16(2)23-22(21(7,8)18-11-9-10-12-18)14-13-17(3)15-19(22)20(4,5)6;;;/h9,11,13,15-16H,10,14H2,1-8H3;2*1H;/q;;;+2/p-2. The van der Waals surface area contributed by atoms with Crippen molar-refractivity contribution in [2.45, 2.75) is 78.2 Å². The molecule has 0 radical (unpaired) electrons. The van der Waals surface area contributed by atoms with Crippen LogP contribution in [0, 0.1) is 10.8 Å². The molecule has 0 aromatic heterocycles. The summed E-state index contributed by atoms with van der Waals surface area (Å²) in [6.07, 6.45) is 11.9. The number of hydrogen-bond acceptors (Lipinski definition) is 1. The summed E-state index contributed by atoms with van der Waals surface area (Å²) in [4.78, 5) is 0. The van der Waals surface area contributed by atoms with Crippen LogP contribution in [-0.4, -0.2) is 10.00 Å². The van der Waals surface area contributed by atoms with Gasteiger partial charge >= 0.3 is 166 Å². The number of thioether (sulfide) groups is 1. The molecule has 0 saturated carbocycles. The first-order valence-corrected chi connectivity index (χ1v) is 10.8. The number of allylic oxidation sites excluding steroid dienone is 7. The quantitative estimate of drug-likeness (QED) is 0.579. The van der Waals surface area contributed by atoms with Gasteiger partial charge in [-0.1, -0.05) is 0 Å². The van der Waals surface area contributed by atoms with Crippen LogP contribution in [0.1, 0.15) is 68.2 Å². The molecule has 1 unspecified atom stereocenters. The summed E-state index contributed by atoms with van der Waals surface area (Å²) in [6, 6.07) is 0. The van der Waals surface area contributed by atoms with E-state index in [0.717, 1.165) is 12.8 Å². The fraction of sp³-hybridized carbons (Fsp3) is 0.636. The first-order valence-electron chi connectivity index (χ1n) is 9.11. The van der Waals surface area contributed by atoms with Crippen LogP contribution in [0.2, 0.25) is 0 Å². The summed E-state index contributed by atoms with van der Waals surface area (Å²) in [5, 5.41) is 0.605. The molecule has 0 N–H and O–H groups in total. The molecule has 4 heteroatoms. The fourth-order valence-corrected chi connectivity index (χ4v) is 6.88. The predicted molar refractivity (Wildman–Crippen MR) is 106 cm³/mol. The summed E-state index contributed by atoms with van der Waals surface area (Å²) in [7, 11) is 0. The minimum Gasteiger partial charge on any atom is -1.00 e. The molecule has 26 heavy (non-hydrogen) atoms. The van der Waals surface area contributed by atoms with E-state index < -0.39 is 0 Å². The molecule has 0 bridgehead atoms. The summed E-state index contributed by atoms with van der Waals surface area (Å²) in [6.45, 7) is 19.1. The molecule has 0 aliphatic heterocycles. The van der Waals surface area contributed by atoms with E-state index in [1.54, 1.807) is 15.0 Å². The summed E-state index contributed by atoms with van der Waals surface area (Å²) in [5.74, 6) is 0. The number of halogens is 2. The zero-order chi connectivity index (χ0) is 18.3. The molecule has 0 saturated heterocycles. The second-order valence-electron chi connectivity index (χ2n) is 9.08. The third kappa shape index (κ3) is 4.95. The van der Waals surface area contributed by atoms with Crippen LogP contribution in [0.25, 0.3) is 0 Å². The van der Waals surface area contributed by atoms with Crippen molar-refractivity contribution in [1.29, 1.82) is 0 Å². The third-order valence-corrected chi connectivity index (χ3v) is 7.89. The van der Waals surface area contributed by atoms with Crippen LogP contribution in [-0.2, 0) is 20.4 Å². The molecule has 0 heterocycles. The molecule has 0 aromatic rings. The zero-order valence-electron chi connectivity index (χ0n) is 17.5. The number of hydrogen-bond donors (Lipinski definition) is 0. The van der Waals surface area contributed by atoms with Gasteiger partial charge in [0.05, 0.1) is 0 Å². The van der Waals surface area contributed by atoms with Crippen molar-refractivity contribution in [2.24, 2.45) is 10.8 Å². The Hall–Kier alpha value is 0.604. The molecule has 145 valence electrons. The molecule has 0 nitrogen and oxygen atoms in total. The van der Waals surface area contributed by atoms with Gasteiger partial charge in [0.25, 0.3) is 0 Å². The van der Waals surface area contributed by atoms with Crippen molar-refractivity contribution in [1.82, 2.24) is 0 Å². The topological polar surface area (TPSA) is 0 Å². The molecular weight excluding hydrogens is 415 g/mol. The van der Waals surface area contributed by atoms with Crippen molar-refractivity contribution in [2.75, 3.05) is 0 Å². The van der Waals surface area contributed by atoms with Gasteiger partial charge in [-0.15, -0.1) is 0 Å². The Balaban J connectivity index is 0.00000312. The number of rotatable bonds is 4. The largest absolute Gasteiger partial charge is 1.00 e. The zero-order valence-corrected chi connectivity index (χ0v) is 21.4. The second kappa shape index (κ2) is 9.40. The molecule has 2 aliphatic carbocycles. The minimum atomic E-state index is 0. The van der Waals surface area contributed by atoms with Crippen molar-refractivity contribution >= 4 is 11.8 Å². The average molecular weight is 448 g/mol. The maximum absolute atomic E-state index is 2.48. The van der Waals surface area contributed by atoms with E-state index in [1.807, 2.05) is 0 Å². The summed E-state index contributed by atoms with van der Waals surface area (Å²) >= 11 is 4.49. The van der Waals surface area contributed by atoms with Crippen molar-refractivity contribution < 1.29 is 45.2 Å². The van der Waals surface area contributed by atoms with E-state index in [2.05, 4.69) is 112 Å². The fourth-order valence-electron chi connectivity index (χ4n) is 4.20. The van der Waals surface area contributed by atoms with E-state index in [0.29, 0.717) is 5.25 Å². The Morgan fingerprint density at radius 3 is 2.12 bits per heavy atom. The molecule has 0 aromatic carbocycles. The van der Waals surface area contributed by atoms with E-state index in [1.165, 1.54) is 5.57 Å². The van der Waals surface area contributed by atoms with Gasteiger partial charge in [0.2, 0.25) is 0 Å². The van der Waals surface area contributed by atoms with Crippen LogP contribution >= 0.6 is 11.8 Å². The van der Waals surface area contributed by atoms with Gasteiger partial charge in [-0.3, -0.25) is 0 Å². The van der Waals surface area contributed by atoms with Gasteiger partial charge in [0.1, 0.15) is 0 Å². The molecule has 1 atom stereocenters. The van der Waals surface area contributed by atoms with Gasteiger partial charge < -0.3 is 24.8 Å². The monoisotopic (exact) mass is 447 g/mol. The van der Waals surface area contributed by atoms with Crippen LogP contribution in [0.5, 0.6) is 0 Å². The summed E-state index contributed by atoms with van der Waals surface area (Å²) in [5.41, 5.74) is 4.86. The van der Waals surface area contributed by atoms with Gasteiger partial charge in [0.15, 0.2) is 0 Å². The van der Waals surface area contributed by atoms with Crippen molar-refractivity contribution in [3.8, 4) is 0 Å². The van der Waals surface area contributed by atoms with E-state index in [4.69, 9.17) is 0 Å². The van der Waals surface area contributed by atoms with E-state index in [-0.39, 0.29) is 40.4 Å². The SMILES string of the molecule is CC1=CCC(SC(C)C)(C(C)(C)C2=[C]([Ti+2])CC=C2)C(C(C)(C)C)=C1.[Cl-].[Cl-]. The van der Waals surface area contributed by atoms with Gasteiger partial charge in [0, 0.05) is 0 Å². The van der Waals surface area contributed by atoms with Gasteiger partial charge in [-0.2, -0.15) is 0 Å². The Morgan fingerprint density at radius 1 is 1.12 bits per heavy atom. The van der Waals surface area contributed by atoms with Crippen molar-refractivity contribution in [3.05, 3.63) is 44.9 Å². The molecule has 0 amide bonds. The first kappa shape index (κ1) is 26.6. The first-order chi connectivity index (χ1) is 10.9. The Morgan fingerprint density at radius 2 is 1.69 bits per heavy atom. The molecular formula is C22H33Cl2STi. The van der Waals surface area contributed by atoms with E-state index >= 15 is 0 Å². The van der Waals surface area contributed by atoms with Crippen molar-refractivity contribution in [3.63, 3.8) is 0 Å². The van der Waals surface area contributed by atoms with Gasteiger partial charge in [-0.05, 0) is 0 Å². The average Bonchev–Trinajstić information content (AvgIpc) is 2.86. The smallest absolute Gasteiger partial charge is 1.00 e. The maximum Gasteiger partial charge on any atom is -1.00 e. The Kier molecular flexibility index (Phi) is 9.62. The molecule has 2 rings (SSSR count). The predicted octanol–water partition coefficient (Wildman–Crippen LogP) is 0.984. The van der Waals surface area contributed by atoms with Crippen LogP contribution in [0.4, 0.5) is 0 Å². The van der Waals surface area contributed by atoms with Crippen LogP contribution < -0.4 is 24.8 Å². The third-order valence-electron chi connectivity index (χ3n) is 5.38. The normalized spacial score (nSPS) is 23.5. The molecule has 2 aliphatic rings. The maximum atomic E-state index is 2.48. The Bertz CT molecular complexity index is 633. The van der Waals surface area contributed by atoms with Crippen LogP contribution in [0.15, 0.2) is 44.9 Å². The summed E-state index contributed by atoms with van der Waals surface area (Å²) < 4.78 is 1.66. The minimum absolute atomic E-state index is 0. The Labute approximate surface area is 190 Å². The van der Waals surface area contributed by atoms with Crippen LogP contribution in [0.3, 0.4) is 0 Å². The molecule has 0 fully saturated rings. The second-order valence-corrected chi connectivity index (χ2v) is 11.9. The molecule has 0 spiro atoms. The van der Waals surface area contributed by atoms with E-state index in [9.17, 15) is 0 Å². The van der Waals surface area contributed by atoms with Gasteiger partial charge in [-0.25, -0.2) is 0 Å².